The summed E-state index contributed by atoms with van der Waals surface area (Å²) in [6.45, 7) is 8.53. The molecule has 5 heteroatoms. The van der Waals surface area contributed by atoms with Crippen LogP contribution < -0.4 is 11.1 Å². The summed E-state index contributed by atoms with van der Waals surface area (Å²) in [5, 5.41) is 15.2. The number of oxime groups is 1. The molecule has 0 aromatic rings. The first-order valence-electron chi connectivity index (χ1n) is 5.70. The van der Waals surface area contributed by atoms with Crippen molar-refractivity contribution < 1.29 is 9.94 Å². The first-order chi connectivity index (χ1) is 7.40. The van der Waals surface area contributed by atoms with Crippen molar-refractivity contribution in [3.8, 4) is 0 Å². The van der Waals surface area contributed by atoms with Gasteiger partial charge in [0.1, 0.15) is 5.84 Å². The molecule has 1 heterocycles. The summed E-state index contributed by atoms with van der Waals surface area (Å²) in [6, 6.07) is 0. The van der Waals surface area contributed by atoms with Crippen molar-refractivity contribution >= 4 is 5.84 Å². The third kappa shape index (κ3) is 3.35. The summed E-state index contributed by atoms with van der Waals surface area (Å²) in [6.07, 6.45) is 1.87. The molecule has 94 valence electrons. The van der Waals surface area contributed by atoms with Crippen molar-refractivity contribution in [2.75, 3.05) is 19.8 Å². The smallest absolute Gasteiger partial charge is 0.144 e. The van der Waals surface area contributed by atoms with Crippen molar-refractivity contribution in [2.24, 2.45) is 16.3 Å². The second kappa shape index (κ2) is 5.01. The van der Waals surface area contributed by atoms with Crippen molar-refractivity contribution in [2.45, 2.75) is 39.2 Å². The summed E-state index contributed by atoms with van der Waals surface area (Å²) in [5.74, 6) is 0.280. The van der Waals surface area contributed by atoms with Crippen LogP contribution in [0.4, 0.5) is 0 Å². The Labute approximate surface area is 97.0 Å². The minimum Gasteiger partial charge on any atom is -0.409 e. The molecule has 1 fully saturated rings. The van der Waals surface area contributed by atoms with Crippen LogP contribution >= 0.6 is 0 Å². The maximum Gasteiger partial charge on any atom is 0.144 e. The number of nitrogens with one attached hydrogen (secondary N) is 1. The topological polar surface area (TPSA) is 79.9 Å². The van der Waals surface area contributed by atoms with Crippen LogP contribution in [0.25, 0.3) is 0 Å². The van der Waals surface area contributed by atoms with Crippen LogP contribution in [0.5, 0.6) is 0 Å². The fourth-order valence-corrected chi connectivity index (χ4v) is 1.75. The predicted molar refractivity (Wildman–Crippen MR) is 63.7 cm³/mol. The third-order valence-corrected chi connectivity index (χ3v) is 3.32. The van der Waals surface area contributed by atoms with Gasteiger partial charge >= 0.3 is 0 Å². The Morgan fingerprint density at radius 1 is 1.62 bits per heavy atom. The summed E-state index contributed by atoms with van der Waals surface area (Å²) in [4.78, 5) is 0. The molecule has 1 rings (SSSR count). The monoisotopic (exact) mass is 229 g/mol. The first kappa shape index (κ1) is 13.3. The lowest BCUT2D eigenvalue weighted by atomic mass is 9.87. The van der Waals surface area contributed by atoms with E-state index in [2.05, 4.69) is 17.4 Å². The molecule has 0 amide bonds. The largest absolute Gasteiger partial charge is 0.409 e. The summed E-state index contributed by atoms with van der Waals surface area (Å²) in [7, 11) is 0. The van der Waals surface area contributed by atoms with E-state index in [1.54, 1.807) is 0 Å². The number of rotatable bonds is 5. The highest BCUT2D eigenvalue weighted by Crippen LogP contribution is 2.22. The number of ether oxygens (including phenoxy) is 1. The maximum absolute atomic E-state index is 8.65. The van der Waals surface area contributed by atoms with Crippen LogP contribution in [-0.2, 0) is 4.74 Å². The fourth-order valence-electron chi connectivity index (χ4n) is 1.75. The average Bonchev–Trinajstić information content (AvgIpc) is 2.63. The van der Waals surface area contributed by atoms with E-state index in [0.29, 0.717) is 0 Å². The van der Waals surface area contributed by atoms with Crippen LogP contribution in [0.15, 0.2) is 5.16 Å². The lowest BCUT2D eigenvalue weighted by molar-refractivity contribution is 0.170. The predicted octanol–water partition coefficient (Wildman–Crippen LogP) is 0.918. The molecular weight excluding hydrogens is 206 g/mol. The zero-order valence-corrected chi connectivity index (χ0v) is 10.4. The van der Waals surface area contributed by atoms with E-state index in [1.807, 2.05) is 13.8 Å². The van der Waals surface area contributed by atoms with Crippen molar-refractivity contribution in [3.63, 3.8) is 0 Å². The van der Waals surface area contributed by atoms with Gasteiger partial charge < -0.3 is 21.0 Å². The molecule has 0 aromatic heterocycles. The lowest BCUT2D eigenvalue weighted by Crippen LogP contribution is -2.45. The zero-order valence-electron chi connectivity index (χ0n) is 10.4. The SMILES string of the molecule is CC1(NCCC(C)(C)C(N)=NO)CCOC1. The van der Waals surface area contributed by atoms with E-state index in [0.717, 1.165) is 32.6 Å². The first-order valence-corrected chi connectivity index (χ1v) is 5.70. The molecule has 1 saturated heterocycles. The van der Waals surface area contributed by atoms with Gasteiger partial charge in [-0.05, 0) is 26.3 Å². The van der Waals surface area contributed by atoms with Gasteiger partial charge in [-0.15, -0.1) is 0 Å². The Morgan fingerprint density at radius 3 is 2.81 bits per heavy atom. The number of hydrogen-bond acceptors (Lipinski definition) is 4. The fraction of sp³-hybridized carbons (Fsp3) is 0.909. The highest BCUT2D eigenvalue weighted by molar-refractivity contribution is 5.85. The summed E-state index contributed by atoms with van der Waals surface area (Å²) < 4.78 is 5.36. The highest BCUT2D eigenvalue weighted by Gasteiger charge is 2.30. The van der Waals surface area contributed by atoms with Gasteiger partial charge in [0.15, 0.2) is 0 Å². The Morgan fingerprint density at radius 2 is 2.31 bits per heavy atom. The quantitative estimate of drug-likeness (QED) is 0.283. The molecule has 0 bridgehead atoms. The maximum atomic E-state index is 8.65. The van der Waals surface area contributed by atoms with Crippen molar-refractivity contribution in [1.29, 1.82) is 0 Å². The van der Waals surface area contributed by atoms with E-state index < -0.39 is 0 Å². The Hall–Kier alpha value is -0.810. The molecule has 1 atom stereocenters. The molecule has 1 aliphatic rings. The number of amidine groups is 1. The molecule has 0 aliphatic carbocycles. The Kier molecular flexibility index (Phi) is 4.15. The summed E-state index contributed by atoms with van der Waals surface area (Å²) >= 11 is 0. The molecular formula is C11H23N3O2. The lowest BCUT2D eigenvalue weighted by Gasteiger charge is -2.28. The Balaban J connectivity index is 2.35. The van der Waals surface area contributed by atoms with Gasteiger partial charge in [-0.25, -0.2) is 0 Å². The standard InChI is InChI=1S/C11H23N3O2/c1-10(2,9(12)14-15)4-6-13-11(3)5-7-16-8-11/h13,15H,4-8H2,1-3H3,(H2,12,14). The Bertz CT molecular complexity index is 258. The second-order valence-electron chi connectivity index (χ2n) is 5.41. The van der Waals surface area contributed by atoms with Crippen LogP contribution in [0, 0.1) is 5.41 Å². The van der Waals surface area contributed by atoms with E-state index >= 15 is 0 Å². The zero-order chi connectivity index (χ0) is 12.2. The van der Waals surface area contributed by atoms with Gasteiger partial charge in [0.05, 0.1) is 6.61 Å². The number of nitrogens with two attached hydrogens (primary N) is 1. The van der Waals surface area contributed by atoms with Crippen LogP contribution in [0.3, 0.4) is 0 Å². The normalized spacial score (nSPS) is 27.3. The number of hydrogen-bond donors (Lipinski definition) is 3. The van der Waals surface area contributed by atoms with Gasteiger partial charge in [0.2, 0.25) is 0 Å². The van der Waals surface area contributed by atoms with Crippen LogP contribution in [0.1, 0.15) is 33.6 Å². The molecule has 1 aliphatic heterocycles. The third-order valence-electron chi connectivity index (χ3n) is 3.32. The highest BCUT2D eigenvalue weighted by atomic mass is 16.5. The molecule has 0 spiro atoms. The van der Waals surface area contributed by atoms with Gasteiger partial charge in [-0.1, -0.05) is 19.0 Å². The second-order valence-corrected chi connectivity index (χ2v) is 5.41. The minimum atomic E-state index is -0.280. The molecule has 0 saturated carbocycles. The van der Waals surface area contributed by atoms with E-state index in [4.69, 9.17) is 15.7 Å². The van der Waals surface area contributed by atoms with Crippen molar-refractivity contribution in [3.05, 3.63) is 0 Å². The molecule has 4 N–H and O–H groups in total. The van der Waals surface area contributed by atoms with Gasteiger partial charge in [0.25, 0.3) is 0 Å². The van der Waals surface area contributed by atoms with E-state index in [1.165, 1.54) is 0 Å². The molecule has 5 nitrogen and oxygen atoms in total. The molecule has 0 radical (unpaired) electrons. The summed E-state index contributed by atoms with van der Waals surface area (Å²) in [5.41, 5.74) is 5.43. The average molecular weight is 229 g/mol. The van der Waals surface area contributed by atoms with Crippen molar-refractivity contribution in [1.82, 2.24) is 5.32 Å². The number of nitrogens with zero attached hydrogens (tertiary/aromatic N) is 1. The molecule has 16 heavy (non-hydrogen) atoms. The molecule has 1 unspecified atom stereocenters. The van der Waals surface area contributed by atoms with Gasteiger partial charge in [0, 0.05) is 17.6 Å². The van der Waals surface area contributed by atoms with Gasteiger partial charge in [-0.2, -0.15) is 0 Å². The van der Waals surface area contributed by atoms with E-state index in [9.17, 15) is 0 Å². The van der Waals surface area contributed by atoms with Gasteiger partial charge in [-0.3, -0.25) is 0 Å². The van der Waals surface area contributed by atoms with Crippen LogP contribution in [0.2, 0.25) is 0 Å². The van der Waals surface area contributed by atoms with Crippen LogP contribution in [-0.4, -0.2) is 36.3 Å². The molecule has 0 aromatic carbocycles. The minimum absolute atomic E-state index is 0.0845. The van der Waals surface area contributed by atoms with E-state index in [-0.39, 0.29) is 16.8 Å².